The molecule has 0 radical (unpaired) electrons. The van der Waals surface area contributed by atoms with Crippen molar-refractivity contribution in [1.82, 2.24) is 9.78 Å². The van der Waals surface area contributed by atoms with Crippen molar-refractivity contribution in [2.45, 2.75) is 17.7 Å². The maximum atomic E-state index is 10.8. The number of nitro benzene ring substituents is 1. The number of aryl methyl sites for hydroxylation is 2. The molecule has 0 fully saturated rings. The number of nitrogen functional groups attached to an aromatic ring is 1. The number of anilines is 1. The number of benzene rings is 1. The fourth-order valence-electron chi connectivity index (χ4n) is 1.83. The molecule has 0 amide bonds. The highest BCUT2D eigenvalue weighted by Crippen LogP contribution is 2.29. The summed E-state index contributed by atoms with van der Waals surface area (Å²) < 4.78 is 1.78. The highest BCUT2D eigenvalue weighted by Gasteiger charge is 2.11. The van der Waals surface area contributed by atoms with Gasteiger partial charge in [-0.1, -0.05) is 0 Å². The van der Waals surface area contributed by atoms with E-state index in [1.54, 1.807) is 22.5 Å². The fraction of sp³-hybridized carbons (Fsp3) is 0.250. The van der Waals surface area contributed by atoms with Crippen LogP contribution in [0, 0.1) is 17.0 Å². The molecule has 0 saturated heterocycles. The van der Waals surface area contributed by atoms with Crippen molar-refractivity contribution < 1.29 is 4.92 Å². The van der Waals surface area contributed by atoms with Crippen molar-refractivity contribution in [3.05, 3.63) is 45.6 Å². The van der Waals surface area contributed by atoms with E-state index in [0.29, 0.717) is 11.4 Å². The van der Waals surface area contributed by atoms with Crippen molar-refractivity contribution in [3.8, 4) is 0 Å². The van der Waals surface area contributed by atoms with E-state index in [1.807, 2.05) is 20.0 Å². The van der Waals surface area contributed by atoms with Crippen LogP contribution in [-0.2, 0) is 12.8 Å². The van der Waals surface area contributed by atoms with Crippen LogP contribution in [-0.4, -0.2) is 14.7 Å². The number of aromatic nitrogens is 2. The van der Waals surface area contributed by atoms with Crippen LogP contribution in [0.2, 0.25) is 0 Å². The van der Waals surface area contributed by atoms with Gasteiger partial charge in [-0.15, -0.1) is 11.8 Å². The van der Waals surface area contributed by atoms with Crippen LogP contribution in [0.15, 0.2) is 29.3 Å². The van der Waals surface area contributed by atoms with Gasteiger partial charge in [-0.25, -0.2) is 0 Å². The van der Waals surface area contributed by atoms with Gasteiger partial charge in [-0.05, 0) is 24.6 Å². The van der Waals surface area contributed by atoms with Crippen molar-refractivity contribution in [1.29, 1.82) is 0 Å². The van der Waals surface area contributed by atoms with E-state index in [-0.39, 0.29) is 5.69 Å². The molecule has 106 valence electrons. The van der Waals surface area contributed by atoms with Crippen molar-refractivity contribution in [2.75, 3.05) is 5.43 Å². The summed E-state index contributed by atoms with van der Waals surface area (Å²) in [6, 6.07) is 6.54. The molecular weight excluding hydrogens is 278 g/mol. The van der Waals surface area contributed by atoms with Gasteiger partial charge in [0.25, 0.3) is 5.69 Å². The predicted octanol–water partition coefficient (Wildman–Crippen LogP) is 2.21. The summed E-state index contributed by atoms with van der Waals surface area (Å²) in [5, 5.41) is 16.1. The lowest BCUT2D eigenvalue weighted by atomic mass is 10.2. The quantitative estimate of drug-likeness (QED) is 0.379. The summed E-state index contributed by atoms with van der Waals surface area (Å²) >= 11 is 1.55. The van der Waals surface area contributed by atoms with E-state index in [4.69, 9.17) is 5.84 Å². The molecule has 0 aliphatic heterocycles. The van der Waals surface area contributed by atoms with Gasteiger partial charge in [0.2, 0.25) is 0 Å². The van der Waals surface area contributed by atoms with Gasteiger partial charge in [-0.3, -0.25) is 20.6 Å². The maximum Gasteiger partial charge on any atom is 0.269 e. The number of thioether (sulfide) groups is 1. The largest absolute Gasteiger partial charge is 0.324 e. The minimum absolute atomic E-state index is 0.0563. The zero-order valence-electron chi connectivity index (χ0n) is 11.2. The minimum atomic E-state index is -0.414. The first-order valence-corrected chi connectivity index (χ1v) is 6.87. The van der Waals surface area contributed by atoms with Gasteiger partial charge >= 0.3 is 0 Å². The van der Waals surface area contributed by atoms with Crippen LogP contribution in [0.25, 0.3) is 0 Å². The molecule has 0 atom stereocenters. The standard InChI is InChI=1S/C12H15N5O2S/c1-8-5-12(16(2)15-8)20-7-9-6-10(17(18)19)3-4-11(9)14-13/h3-6,14H,7,13H2,1-2H3. The number of nitrogens with one attached hydrogen (secondary N) is 1. The summed E-state index contributed by atoms with van der Waals surface area (Å²) in [6.45, 7) is 1.92. The molecule has 0 saturated carbocycles. The van der Waals surface area contributed by atoms with Crippen LogP contribution in [0.4, 0.5) is 11.4 Å². The lowest BCUT2D eigenvalue weighted by molar-refractivity contribution is -0.384. The summed E-state index contributed by atoms with van der Waals surface area (Å²) in [7, 11) is 1.87. The number of hydrazine groups is 1. The number of nitro groups is 1. The first kappa shape index (κ1) is 14.4. The summed E-state index contributed by atoms with van der Waals surface area (Å²) in [6.07, 6.45) is 0. The van der Waals surface area contributed by atoms with E-state index < -0.39 is 4.92 Å². The molecule has 1 aromatic carbocycles. The molecule has 8 heteroatoms. The van der Waals surface area contributed by atoms with Gasteiger partial charge < -0.3 is 5.43 Å². The molecule has 1 aromatic heterocycles. The number of hydrogen-bond acceptors (Lipinski definition) is 6. The molecule has 0 bridgehead atoms. The van der Waals surface area contributed by atoms with Gasteiger partial charge in [0.15, 0.2) is 0 Å². The second-order valence-corrected chi connectivity index (χ2v) is 5.27. The first-order valence-electron chi connectivity index (χ1n) is 5.88. The molecule has 1 heterocycles. The van der Waals surface area contributed by atoms with Crippen molar-refractivity contribution in [3.63, 3.8) is 0 Å². The molecule has 3 N–H and O–H groups in total. The van der Waals surface area contributed by atoms with Gasteiger partial charge in [0.05, 0.1) is 21.3 Å². The molecule has 7 nitrogen and oxygen atoms in total. The Bertz CT molecular complexity index is 641. The van der Waals surface area contributed by atoms with E-state index in [1.165, 1.54) is 12.1 Å². The van der Waals surface area contributed by atoms with Gasteiger partial charge in [-0.2, -0.15) is 5.10 Å². The number of non-ortho nitro benzene ring substituents is 1. The van der Waals surface area contributed by atoms with E-state index in [0.717, 1.165) is 16.3 Å². The average Bonchev–Trinajstić information content (AvgIpc) is 2.74. The fourth-order valence-corrected chi connectivity index (χ4v) is 2.85. The molecule has 20 heavy (non-hydrogen) atoms. The highest BCUT2D eigenvalue weighted by molar-refractivity contribution is 7.98. The topological polar surface area (TPSA) is 99.0 Å². The third-order valence-electron chi connectivity index (χ3n) is 2.79. The lowest BCUT2D eigenvalue weighted by Gasteiger charge is -2.08. The summed E-state index contributed by atoms with van der Waals surface area (Å²) in [4.78, 5) is 10.4. The number of hydrogen-bond donors (Lipinski definition) is 2. The molecule has 0 unspecified atom stereocenters. The Morgan fingerprint density at radius 2 is 2.25 bits per heavy atom. The Labute approximate surface area is 120 Å². The predicted molar refractivity (Wildman–Crippen MR) is 78.4 cm³/mol. The van der Waals surface area contributed by atoms with Gasteiger partial charge in [0, 0.05) is 24.9 Å². The Morgan fingerprint density at radius 3 is 2.80 bits per heavy atom. The van der Waals surface area contributed by atoms with Crippen LogP contribution < -0.4 is 11.3 Å². The lowest BCUT2D eigenvalue weighted by Crippen LogP contribution is -2.09. The maximum absolute atomic E-state index is 10.8. The molecule has 0 aliphatic rings. The van der Waals surface area contributed by atoms with Crippen LogP contribution in [0.1, 0.15) is 11.3 Å². The zero-order chi connectivity index (χ0) is 14.7. The Kier molecular flexibility index (Phi) is 4.26. The smallest absolute Gasteiger partial charge is 0.269 e. The third kappa shape index (κ3) is 3.09. The molecular formula is C12H15N5O2S. The number of rotatable bonds is 5. The Hall–Kier alpha value is -2.06. The summed E-state index contributed by atoms with van der Waals surface area (Å²) in [5.74, 6) is 6.00. The van der Waals surface area contributed by atoms with Crippen LogP contribution >= 0.6 is 11.8 Å². The molecule has 0 aliphatic carbocycles. The van der Waals surface area contributed by atoms with Gasteiger partial charge in [0.1, 0.15) is 0 Å². The average molecular weight is 293 g/mol. The van der Waals surface area contributed by atoms with E-state index >= 15 is 0 Å². The second-order valence-electron chi connectivity index (χ2n) is 4.28. The molecule has 2 rings (SSSR count). The summed E-state index contributed by atoms with van der Waals surface area (Å²) in [5.41, 5.74) is 5.02. The highest BCUT2D eigenvalue weighted by atomic mass is 32.2. The monoisotopic (exact) mass is 293 g/mol. The number of nitrogens with zero attached hydrogens (tertiary/aromatic N) is 3. The zero-order valence-corrected chi connectivity index (χ0v) is 12.0. The normalized spacial score (nSPS) is 10.6. The SMILES string of the molecule is Cc1cc(SCc2cc([N+](=O)[O-])ccc2NN)n(C)n1. The number of nitrogens with two attached hydrogens (primary N) is 1. The molecule has 0 spiro atoms. The minimum Gasteiger partial charge on any atom is -0.324 e. The first-order chi connectivity index (χ1) is 9.51. The van der Waals surface area contributed by atoms with Crippen molar-refractivity contribution >= 4 is 23.1 Å². The third-order valence-corrected chi connectivity index (χ3v) is 3.92. The van der Waals surface area contributed by atoms with E-state index in [2.05, 4.69) is 10.5 Å². The second kappa shape index (κ2) is 5.93. The van der Waals surface area contributed by atoms with Crippen molar-refractivity contribution in [2.24, 2.45) is 12.9 Å². The Morgan fingerprint density at radius 1 is 1.50 bits per heavy atom. The van der Waals surface area contributed by atoms with E-state index in [9.17, 15) is 10.1 Å². The molecule has 2 aromatic rings. The van der Waals surface area contributed by atoms with Crippen LogP contribution in [0.3, 0.4) is 0 Å². The van der Waals surface area contributed by atoms with Crippen LogP contribution in [0.5, 0.6) is 0 Å². The Balaban J connectivity index is 2.21.